The van der Waals surface area contributed by atoms with Gasteiger partial charge in [-0.1, -0.05) is 18.5 Å². The van der Waals surface area contributed by atoms with Gasteiger partial charge in [0.25, 0.3) is 0 Å². The Morgan fingerprint density at radius 1 is 1.31 bits per heavy atom. The summed E-state index contributed by atoms with van der Waals surface area (Å²) in [5.74, 6) is 0.625. The summed E-state index contributed by atoms with van der Waals surface area (Å²) in [6.45, 7) is 4.75. The van der Waals surface area contributed by atoms with E-state index in [2.05, 4.69) is 20.9 Å². The van der Waals surface area contributed by atoms with Crippen molar-refractivity contribution >= 4 is 29.2 Å². The Kier molecular flexibility index (Phi) is 8.00. The molecule has 0 unspecified atom stereocenters. The second kappa shape index (κ2) is 10.2. The van der Waals surface area contributed by atoms with Crippen molar-refractivity contribution in [1.82, 2.24) is 15.5 Å². The fourth-order valence-corrected chi connectivity index (χ4v) is 3.11. The van der Waals surface area contributed by atoms with Crippen molar-refractivity contribution in [2.24, 2.45) is 0 Å². The minimum Gasteiger partial charge on any atom is -0.495 e. The lowest BCUT2D eigenvalue weighted by molar-refractivity contribution is -0.122. The first kappa shape index (κ1) is 20.3. The molecule has 8 heteroatoms. The number of carbonyl (C=O) groups is 2. The molecule has 3 amide bonds. The number of hydrogen-bond acceptors (Lipinski definition) is 4. The van der Waals surface area contributed by atoms with Crippen LogP contribution in [-0.4, -0.2) is 56.2 Å². The number of urea groups is 1. The molecule has 2 rings (SSSR count). The highest BCUT2D eigenvalue weighted by molar-refractivity contribution is 6.32. The van der Waals surface area contributed by atoms with Crippen LogP contribution in [0.25, 0.3) is 0 Å². The van der Waals surface area contributed by atoms with Gasteiger partial charge in [0.2, 0.25) is 5.91 Å². The van der Waals surface area contributed by atoms with Crippen LogP contribution in [0.4, 0.5) is 10.5 Å². The molecule has 0 aliphatic carbocycles. The Bertz CT molecular complexity index is 618. The van der Waals surface area contributed by atoms with E-state index in [1.807, 2.05) is 6.92 Å². The summed E-state index contributed by atoms with van der Waals surface area (Å²) in [5.41, 5.74) is 0.610. The summed E-state index contributed by atoms with van der Waals surface area (Å²) in [4.78, 5) is 26.0. The Balaban J connectivity index is 1.72. The van der Waals surface area contributed by atoms with Crippen molar-refractivity contribution in [2.75, 3.05) is 38.6 Å². The van der Waals surface area contributed by atoms with Crippen molar-refractivity contribution in [2.45, 2.75) is 32.2 Å². The summed E-state index contributed by atoms with van der Waals surface area (Å²) >= 11 is 6.06. The van der Waals surface area contributed by atoms with Crippen LogP contribution in [0.1, 0.15) is 26.2 Å². The maximum atomic E-state index is 12.1. The highest BCUT2D eigenvalue weighted by Gasteiger charge is 2.22. The van der Waals surface area contributed by atoms with E-state index in [4.69, 9.17) is 16.3 Å². The molecule has 1 aliphatic rings. The van der Waals surface area contributed by atoms with Crippen LogP contribution in [0.3, 0.4) is 0 Å². The van der Waals surface area contributed by atoms with Gasteiger partial charge >= 0.3 is 6.03 Å². The van der Waals surface area contributed by atoms with Gasteiger partial charge in [-0.3, -0.25) is 9.69 Å². The molecule has 1 aromatic rings. The number of likely N-dealkylation sites (tertiary alicyclic amines) is 1. The van der Waals surface area contributed by atoms with E-state index in [1.54, 1.807) is 25.3 Å². The zero-order chi connectivity index (χ0) is 18.9. The first-order chi connectivity index (χ1) is 12.5. The van der Waals surface area contributed by atoms with Crippen LogP contribution < -0.4 is 20.7 Å². The van der Waals surface area contributed by atoms with E-state index in [1.165, 1.54) is 0 Å². The molecule has 144 valence electrons. The van der Waals surface area contributed by atoms with Crippen LogP contribution in [0, 0.1) is 0 Å². The molecule has 0 radical (unpaired) electrons. The van der Waals surface area contributed by atoms with Gasteiger partial charge < -0.3 is 20.7 Å². The molecule has 1 aliphatic heterocycles. The van der Waals surface area contributed by atoms with E-state index >= 15 is 0 Å². The van der Waals surface area contributed by atoms with Crippen LogP contribution in [0.2, 0.25) is 5.02 Å². The van der Waals surface area contributed by atoms with Crippen LogP contribution >= 0.6 is 11.6 Å². The topological polar surface area (TPSA) is 82.7 Å². The summed E-state index contributed by atoms with van der Waals surface area (Å²) < 4.78 is 5.09. The third-order valence-corrected chi connectivity index (χ3v) is 4.57. The number of carbonyl (C=O) groups excluding carboxylic acids is 2. The Morgan fingerprint density at radius 2 is 2.04 bits per heavy atom. The standard InChI is InChI=1S/C18H27ClN4O3/c1-3-8-20-17(24)12-23-9-6-13(7-10-23)21-18(25)22-14-4-5-16(26-2)15(19)11-14/h4-5,11,13H,3,6-10,12H2,1-2H3,(H,20,24)(H2,21,22,25). The third-order valence-electron chi connectivity index (χ3n) is 4.27. The molecule has 26 heavy (non-hydrogen) atoms. The van der Waals surface area contributed by atoms with Crippen LogP contribution in [0.15, 0.2) is 18.2 Å². The average Bonchev–Trinajstić information content (AvgIpc) is 2.62. The smallest absolute Gasteiger partial charge is 0.319 e. The number of piperidine rings is 1. The molecule has 0 aromatic heterocycles. The molecular formula is C18H27ClN4O3. The fraction of sp³-hybridized carbons (Fsp3) is 0.556. The molecular weight excluding hydrogens is 356 g/mol. The highest BCUT2D eigenvalue weighted by Crippen LogP contribution is 2.27. The van der Waals surface area contributed by atoms with Crippen molar-refractivity contribution in [1.29, 1.82) is 0 Å². The van der Waals surface area contributed by atoms with Gasteiger partial charge in [-0.05, 0) is 37.5 Å². The van der Waals surface area contributed by atoms with Gasteiger partial charge in [0.15, 0.2) is 0 Å². The summed E-state index contributed by atoms with van der Waals surface area (Å²) in [6.07, 6.45) is 2.57. The number of ether oxygens (including phenoxy) is 1. The molecule has 0 saturated carbocycles. The van der Waals surface area contributed by atoms with Crippen molar-refractivity contribution in [3.05, 3.63) is 23.2 Å². The van der Waals surface area contributed by atoms with E-state index < -0.39 is 0 Å². The SMILES string of the molecule is CCCNC(=O)CN1CCC(NC(=O)Nc2ccc(OC)c(Cl)c2)CC1. The second-order valence-corrected chi connectivity index (χ2v) is 6.76. The highest BCUT2D eigenvalue weighted by atomic mass is 35.5. The summed E-state index contributed by atoms with van der Waals surface area (Å²) in [5, 5.41) is 9.08. The van der Waals surface area contributed by atoms with Gasteiger partial charge in [-0.15, -0.1) is 0 Å². The van der Waals surface area contributed by atoms with E-state index in [9.17, 15) is 9.59 Å². The zero-order valence-corrected chi connectivity index (χ0v) is 16.1. The van der Waals surface area contributed by atoms with E-state index in [0.29, 0.717) is 29.5 Å². The van der Waals surface area contributed by atoms with Crippen molar-refractivity contribution in [3.8, 4) is 5.75 Å². The molecule has 1 saturated heterocycles. The van der Waals surface area contributed by atoms with Crippen molar-refractivity contribution < 1.29 is 14.3 Å². The predicted octanol–water partition coefficient (Wildman–Crippen LogP) is 2.46. The zero-order valence-electron chi connectivity index (χ0n) is 15.3. The first-order valence-corrected chi connectivity index (χ1v) is 9.29. The fourth-order valence-electron chi connectivity index (χ4n) is 2.86. The molecule has 0 bridgehead atoms. The number of rotatable bonds is 7. The lowest BCUT2D eigenvalue weighted by Gasteiger charge is -2.31. The quantitative estimate of drug-likeness (QED) is 0.676. The van der Waals surface area contributed by atoms with Crippen molar-refractivity contribution in [3.63, 3.8) is 0 Å². The Hall–Kier alpha value is -1.99. The lowest BCUT2D eigenvalue weighted by atomic mass is 10.1. The summed E-state index contributed by atoms with van der Waals surface area (Å²) in [6, 6.07) is 4.93. The Labute approximate surface area is 159 Å². The minimum atomic E-state index is -0.259. The molecule has 7 nitrogen and oxygen atoms in total. The van der Waals surface area contributed by atoms with E-state index in [0.717, 1.165) is 32.4 Å². The number of benzene rings is 1. The third kappa shape index (κ3) is 6.38. The number of hydrogen-bond donors (Lipinski definition) is 3. The Morgan fingerprint density at radius 3 is 2.65 bits per heavy atom. The maximum Gasteiger partial charge on any atom is 0.319 e. The number of nitrogens with one attached hydrogen (secondary N) is 3. The predicted molar refractivity (Wildman–Crippen MR) is 103 cm³/mol. The molecule has 0 atom stereocenters. The largest absolute Gasteiger partial charge is 0.495 e. The first-order valence-electron chi connectivity index (χ1n) is 8.92. The van der Waals surface area contributed by atoms with Gasteiger partial charge in [0.05, 0.1) is 18.7 Å². The van der Waals surface area contributed by atoms with Crippen LogP contribution in [0.5, 0.6) is 5.75 Å². The number of anilines is 1. The molecule has 3 N–H and O–H groups in total. The maximum absolute atomic E-state index is 12.1. The molecule has 1 heterocycles. The number of halogens is 1. The lowest BCUT2D eigenvalue weighted by Crippen LogP contribution is -2.48. The molecule has 0 spiro atoms. The van der Waals surface area contributed by atoms with Gasteiger partial charge in [-0.25, -0.2) is 4.79 Å². The van der Waals surface area contributed by atoms with E-state index in [-0.39, 0.29) is 18.0 Å². The van der Waals surface area contributed by atoms with Gasteiger partial charge in [0.1, 0.15) is 5.75 Å². The number of amides is 3. The number of methoxy groups -OCH3 is 1. The molecule has 1 fully saturated rings. The number of nitrogens with zero attached hydrogens (tertiary/aromatic N) is 1. The normalized spacial score (nSPS) is 15.3. The minimum absolute atomic E-state index is 0.0624. The average molecular weight is 383 g/mol. The second-order valence-electron chi connectivity index (χ2n) is 6.35. The van der Waals surface area contributed by atoms with Gasteiger partial charge in [0, 0.05) is 31.4 Å². The van der Waals surface area contributed by atoms with Gasteiger partial charge in [-0.2, -0.15) is 0 Å². The molecule has 1 aromatic carbocycles. The summed E-state index contributed by atoms with van der Waals surface area (Å²) in [7, 11) is 1.54. The van der Waals surface area contributed by atoms with Crippen LogP contribution in [-0.2, 0) is 4.79 Å². The monoisotopic (exact) mass is 382 g/mol.